The Kier molecular flexibility index (Phi) is 4.22. The third-order valence-corrected chi connectivity index (χ3v) is 6.46. The van der Waals surface area contributed by atoms with Gasteiger partial charge in [0, 0.05) is 37.3 Å². The van der Waals surface area contributed by atoms with Gasteiger partial charge in [-0.25, -0.2) is 9.78 Å². The van der Waals surface area contributed by atoms with Crippen molar-refractivity contribution in [3.05, 3.63) is 72.6 Å². The third kappa shape index (κ3) is 2.98. The maximum absolute atomic E-state index is 13.0. The van der Waals surface area contributed by atoms with E-state index in [0.29, 0.717) is 13.1 Å². The first-order valence-electron chi connectivity index (χ1n) is 10.7. The number of likely N-dealkylation sites (tertiary alicyclic amines) is 1. The fourth-order valence-corrected chi connectivity index (χ4v) is 4.95. The Balaban J connectivity index is 1.16. The molecule has 2 amide bonds. The molecule has 1 saturated heterocycles. The van der Waals surface area contributed by atoms with E-state index in [1.54, 1.807) is 0 Å². The van der Waals surface area contributed by atoms with E-state index in [-0.39, 0.29) is 18.0 Å². The SMILES string of the molecule is O=C(NC[C@H]1c2ccccc2-c2cncn21)N1CCC[C@H](c2nnc3ccccn23)C1. The fourth-order valence-electron chi connectivity index (χ4n) is 4.95. The lowest BCUT2D eigenvalue weighted by molar-refractivity contribution is 0.177. The van der Waals surface area contributed by atoms with E-state index >= 15 is 0 Å². The molecule has 0 unspecified atom stereocenters. The standard InChI is InChI=1S/C23H23N7O/c31-23(25-13-20-18-8-2-1-7-17(18)19-12-24-15-30(19)20)28-10-5-6-16(14-28)22-27-26-21-9-3-4-11-29(21)22/h1-4,7-9,11-12,15-16,20H,5-6,10,13-14H2,(H,25,31)/t16-,20-/m0/s1. The van der Waals surface area contributed by atoms with Crippen LogP contribution in [0.3, 0.4) is 0 Å². The van der Waals surface area contributed by atoms with Gasteiger partial charge in [-0.2, -0.15) is 0 Å². The summed E-state index contributed by atoms with van der Waals surface area (Å²) in [7, 11) is 0. The number of hydrogen-bond donors (Lipinski definition) is 1. The van der Waals surface area contributed by atoms with Gasteiger partial charge in [0.05, 0.1) is 24.3 Å². The highest BCUT2D eigenvalue weighted by atomic mass is 16.2. The van der Waals surface area contributed by atoms with Crippen LogP contribution in [0.25, 0.3) is 16.9 Å². The van der Waals surface area contributed by atoms with Crippen LogP contribution < -0.4 is 5.32 Å². The zero-order valence-corrected chi connectivity index (χ0v) is 17.1. The second-order valence-electron chi connectivity index (χ2n) is 8.25. The summed E-state index contributed by atoms with van der Waals surface area (Å²) in [5.41, 5.74) is 4.37. The summed E-state index contributed by atoms with van der Waals surface area (Å²) in [6, 6.07) is 14.3. The van der Waals surface area contributed by atoms with Crippen LogP contribution in [0.2, 0.25) is 0 Å². The Bertz CT molecular complexity index is 1260. The molecule has 0 bridgehead atoms. The monoisotopic (exact) mass is 413 g/mol. The lowest BCUT2D eigenvalue weighted by atomic mass is 9.97. The number of piperidine rings is 1. The van der Waals surface area contributed by atoms with Crippen LogP contribution in [-0.4, -0.2) is 54.7 Å². The molecule has 2 aliphatic rings. The number of nitrogens with one attached hydrogen (secondary N) is 1. The van der Waals surface area contributed by atoms with Gasteiger partial charge in [0.25, 0.3) is 0 Å². The Morgan fingerprint density at radius 2 is 2.03 bits per heavy atom. The van der Waals surface area contributed by atoms with Gasteiger partial charge in [-0.1, -0.05) is 30.3 Å². The van der Waals surface area contributed by atoms with Gasteiger partial charge in [0.2, 0.25) is 0 Å². The second kappa shape index (κ2) is 7.23. The van der Waals surface area contributed by atoms with E-state index in [1.165, 1.54) is 11.1 Å². The number of amides is 2. The topological polar surface area (TPSA) is 80.3 Å². The van der Waals surface area contributed by atoms with Gasteiger partial charge in [0.15, 0.2) is 5.65 Å². The molecule has 1 aromatic carbocycles. The molecule has 5 heterocycles. The molecule has 0 spiro atoms. The van der Waals surface area contributed by atoms with Crippen LogP contribution in [0.1, 0.15) is 36.2 Å². The molecular formula is C23H23N7O. The van der Waals surface area contributed by atoms with Crippen LogP contribution in [0.15, 0.2) is 61.2 Å². The Hall–Kier alpha value is -3.68. The van der Waals surface area contributed by atoms with E-state index in [9.17, 15) is 4.79 Å². The van der Waals surface area contributed by atoms with Crippen molar-refractivity contribution in [3.8, 4) is 11.3 Å². The first-order valence-corrected chi connectivity index (χ1v) is 10.7. The Labute approximate surface area is 179 Å². The normalized spacial score (nSPS) is 19.9. The predicted molar refractivity (Wildman–Crippen MR) is 116 cm³/mol. The zero-order valence-electron chi connectivity index (χ0n) is 17.1. The van der Waals surface area contributed by atoms with Crippen molar-refractivity contribution in [2.24, 2.45) is 0 Å². The summed E-state index contributed by atoms with van der Waals surface area (Å²) in [5, 5.41) is 11.8. The molecule has 0 radical (unpaired) electrons. The summed E-state index contributed by atoms with van der Waals surface area (Å²) in [4.78, 5) is 19.3. The van der Waals surface area contributed by atoms with Crippen molar-refractivity contribution >= 4 is 11.7 Å². The van der Waals surface area contributed by atoms with E-state index in [0.717, 1.165) is 36.6 Å². The number of hydrogen-bond acceptors (Lipinski definition) is 4. The number of benzene rings is 1. The number of fused-ring (bicyclic) bond motifs is 4. The maximum Gasteiger partial charge on any atom is 0.317 e. The van der Waals surface area contributed by atoms with Crippen LogP contribution in [0, 0.1) is 0 Å². The summed E-state index contributed by atoms with van der Waals surface area (Å²) >= 11 is 0. The van der Waals surface area contributed by atoms with Crippen LogP contribution in [0.4, 0.5) is 4.79 Å². The van der Waals surface area contributed by atoms with E-state index in [2.05, 4.69) is 37.2 Å². The first kappa shape index (κ1) is 18.1. The Morgan fingerprint density at radius 1 is 1.13 bits per heavy atom. The van der Waals surface area contributed by atoms with Gasteiger partial charge >= 0.3 is 6.03 Å². The second-order valence-corrected chi connectivity index (χ2v) is 8.25. The number of rotatable bonds is 3. The number of carbonyl (C=O) groups is 1. The molecule has 0 saturated carbocycles. The predicted octanol–water partition coefficient (Wildman–Crippen LogP) is 3.08. The average molecular weight is 413 g/mol. The van der Waals surface area contributed by atoms with Gasteiger partial charge in [-0.15, -0.1) is 10.2 Å². The van der Waals surface area contributed by atoms with Gasteiger partial charge in [-0.3, -0.25) is 4.40 Å². The fraction of sp³-hybridized carbons (Fsp3) is 0.304. The quantitative estimate of drug-likeness (QED) is 0.560. The average Bonchev–Trinajstić information content (AvgIpc) is 3.52. The highest BCUT2D eigenvalue weighted by Gasteiger charge is 2.31. The summed E-state index contributed by atoms with van der Waals surface area (Å²) in [6.45, 7) is 1.95. The van der Waals surface area contributed by atoms with E-state index in [1.807, 2.05) is 58.4 Å². The number of pyridine rings is 1. The van der Waals surface area contributed by atoms with Gasteiger partial charge in [0.1, 0.15) is 5.82 Å². The van der Waals surface area contributed by atoms with Gasteiger partial charge in [-0.05, 0) is 30.5 Å². The zero-order chi connectivity index (χ0) is 20.8. The minimum absolute atomic E-state index is 0.0235. The molecule has 8 nitrogen and oxygen atoms in total. The molecule has 3 aromatic heterocycles. The molecule has 31 heavy (non-hydrogen) atoms. The summed E-state index contributed by atoms with van der Waals surface area (Å²) < 4.78 is 4.17. The molecule has 6 rings (SSSR count). The van der Waals surface area contributed by atoms with E-state index in [4.69, 9.17) is 0 Å². The minimum atomic E-state index is -0.0235. The van der Waals surface area contributed by atoms with Crippen LogP contribution in [-0.2, 0) is 0 Å². The van der Waals surface area contributed by atoms with Crippen molar-refractivity contribution < 1.29 is 4.79 Å². The Morgan fingerprint density at radius 3 is 3.00 bits per heavy atom. The van der Waals surface area contributed by atoms with Gasteiger partial charge < -0.3 is 14.8 Å². The smallest absolute Gasteiger partial charge is 0.317 e. The molecule has 156 valence electrons. The third-order valence-electron chi connectivity index (χ3n) is 6.46. The number of carbonyl (C=O) groups excluding carboxylic acids is 1. The molecule has 2 atom stereocenters. The molecule has 1 N–H and O–H groups in total. The van der Waals surface area contributed by atoms with Crippen molar-refractivity contribution in [3.63, 3.8) is 0 Å². The lowest BCUT2D eigenvalue weighted by Gasteiger charge is -2.32. The molecule has 2 aliphatic heterocycles. The van der Waals surface area contributed by atoms with E-state index < -0.39 is 0 Å². The van der Waals surface area contributed by atoms with Crippen LogP contribution >= 0.6 is 0 Å². The van der Waals surface area contributed by atoms with Crippen molar-refractivity contribution in [1.29, 1.82) is 0 Å². The molecular weight excluding hydrogens is 390 g/mol. The molecule has 1 fully saturated rings. The number of imidazole rings is 1. The van der Waals surface area contributed by atoms with Crippen molar-refractivity contribution in [2.45, 2.75) is 24.8 Å². The first-order chi connectivity index (χ1) is 15.3. The molecule has 8 heteroatoms. The summed E-state index contributed by atoms with van der Waals surface area (Å²) in [6.07, 6.45) is 7.69. The van der Waals surface area contributed by atoms with Crippen LogP contribution in [0.5, 0.6) is 0 Å². The molecule has 0 aliphatic carbocycles. The highest BCUT2D eigenvalue weighted by molar-refractivity contribution is 5.75. The number of nitrogens with zero attached hydrogens (tertiary/aromatic N) is 6. The number of urea groups is 1. The number of aromatic nitrogens is 5. The largest absolute Gasteiger partial charge is 0.336 e. The lowest BCUT2D eigenvalue weighted by Crippen LogP contribution is -2.46. The maximum atomic E-state index is 13.0. The molecule has 4 aromatic rings. The summed E-state index contributed by atoms with van der Waals surface area (Å²) in [5.74, 6) is 1.12. The van der Waals surface area contributed by atoms with Crippen molar-refractivity contribution in [2.75, 3.05) is 19.6 Å². The van der Waals surface area contributed by atoms with Crippen molar-refractivity contribution in [1.82, 2.24) is 34.4 Å². The minimum Gasteiger partial charge on any atom is -0.336 e. The highest BCUT2D eigenvalue weighted by Crippen LogP contribution is 2.38.